The lowest BCUT2D eigenvalue weighted by Gasteiger charge is -2.38. The molecule has 1 fully saturated rings. The molecule has 176 valence electrons. The molecular weight excluding hydrogens is 441 g/mol. The Bertz CT molecular complexity index is 1160. The Hall–Kier alpha value is -3.48. The van der Waals surface area contributed by atoms with Crippen LogP contribution in [0.3, 0.4) is 0 Å². The van der Waals surface area contributed by atoms with E-state index in [1.54, 1.807) is 47.6 Å². The fourth-order valence-corrected chi connectivity index (χ4v) is 4.59. The van der Waals surface area contributed by atoms with E-state index in [-0.39, 0.29) is 29.9 Å². The number of hydrogen-bond acceptors (Lipinski definition) is 3. The van der Waals surface area contributed by atoms with E-state index >= 15 is 0 Å². The molecule has 4 nitrogen and oxygen atoms in total. The van der Waals surface area contributed by atoms with Gasteiger partial charge in [-0.25, -0.2) is 0 Å². The van der Waals surface area contributed by atoms with E-state index in [4.69, 9.17) is 0 Å². The molecule has 0 radical (unpaired) electrons. The molecule has 2 heterocycles. The summed E-state index contributed by atoms with van der Waals surface area (Å²) in [5, 5.41) is 0. The number of likely N-dealkylation sites (tertiary alicyclic amines) is 1. The Morgan fingerprint density at radius 2 is 1.71 bits per heavy atom. The van der Waals surface area contributed by atoms with E-state index in [0.717, 1.165) is 23.3 Å². The summed E-state index contributed by atoms with van der Waals surface area (Å²) in [6.07, 6.45) is -0.339. The van der Waals surface area contributed by atoms with Crippen LogP contribution >= 0.6 is 0 Å². The first-order chi connectivity index (χ1) is 16.2. The summed E-state index contributed by atoms with van der Waals surface area (Å²) in [5.74, 6) is -0.449. The van der Waals surface area contributed by atoms with Gasteiger partial charge in [-0.1, -0.05) is 42.5 Å². The van der Waals surface area contributed by atoms with Crippen molar-refractivity contribution in [3.8, 4) is 0 Å². The van der Waals surface area contributed by atoms with Gasteiger partial charge in [0, 0.05) is 48.9 Å². The van der Waals surface area contributed by atoms with Crippen molar-refractivity contribution in [1.82, 2.24) is 9.88 Å². The average molecular weight is 467 g/mol. The van der Waals surface area contributed by atoms with Crippen LogP contribution in [0, 0.1) is 12.8 Å². The topological polar surface area (TPSA) is 50.3 Å². The molecule has 0 aliphatic carbocycles. The lowest BCUT2D eigenvalue weighted by molar-refractivity contribution is -0.137. The van der Waals surface area contributed by atoms with E-state index in [2.05, 4.69) is 4.98 Å². The molecule has 1 aromatic heterocycles. The van der Waals surface area contributed by atoms with E-state index in [1.807, 2.05) is 13.0 Å². The van der Waals surface area contributed by atoms with Gasteiger partial charge in [0.15, 0.2) is 5.78 Å². The highest BCUT2D eigenvalue weighted by molar-refractivity contribution is 5.97. The minimum Gasteiger partial charge on any atom is -0.338 e. The summed E-state index contributed by atoms with van der Waals surface area (Å²) in [6, 6.07) is 15.8. The normalized spacial score (nSPS) is 18.5. The molecule has 0 saturated carbocycles. The largest absolute Gasteiger partial charge is 0.416 e. The molecule has 1 aliphatic rings. The molecule has 7 heteroatoms. The number of pyridine rings is 1. The van der Waals surface area contributed by atoms with E-state index in [1.165, 1.54) is 12.1 Å². The van der Waals surface area contributed by atoms with Crippen LogP contribution in [0.1, 0.15) is 56.2 Å². The van der Waals surface area contributed by atoms with Gasteiger partial charge in [-0.05, 0) is 48.6 Å². The molecule has 4 rings (SSSR count). The van der Waals surface area contributed by atoms with Crippen molar-refractivity contribution in [2.75, 3.05) is 13.1 Å². The summed E-state index contributed by atoms with van der Waals surface area (Å²) in [5.41, 5.74) is 1.93. The van der Waals surface area contributed by atoms with Crippen LogP contribution in [0.4, 0.5) is 13.2 Å². The fraction of sp³-hybridized carbons (Fsp3) is 0.296. The van der Waals surface area contributed by atoms with E-state index in [0.29, 0.717) is 30.6 Å². The van der Waals surface area contributed by atoms with Crippen LogP contribution in [0.2, 0.25) is 0 Å². The number of carbonyl (C=O) groups is 2. The molecule has 0 bridgehead atoms. The zero-order valence-electron chi connectivity index (χ0n) is 18.8. The van der Waals surface area contributed by atoms with Crippen LogP contribution in [0.25, 0.3) is 0 Å². The molecule has 34 heavy (non-hydrogen) atoms. The van der Waals surface area contributed by atoms with Gasteiger partial charge in [-0.15, -0.1) is 0 Å². The third-order valence-corrected chi connectivity index (χ3v) is 6.35. The predicted octanol–water partition coefficient (Wildman–Crippen LogP) is 5.93. The van der Waals surface area contributed by atoms with Gasteiger partial charge in [0.25, 0.3) is 5.91 Å². The van der Waals surface area contributed by atoms with Crippen molar-refractivity contribution < 1.29 is 22.8 Å². The smallest absolute Gasteiger partial charge is 0.338 e. The molecule has 2 atom stereocenters. The maximum absolute atomic E-state index is 13.3. The number of carbonyl (C=O) groups excluding carboxylic acids is 2. The quantitative estimate of drug-likeness (QED) is 0.438. The highest BCUT2D eigenvalue weighted by Crippen LogP contribution is 2.35. The molecule has 0 N–H and O–H groups in total. The summed E-state index contributed by atoms with van der Waals surface area (Å²) >= 11 is 0. The summed E-state index contributed by atoms with van der Waals surface area (Å²) in [4.78, 5) is 32.0. The Labute approximate surface area is 196 Å². The summed E-state index contributed by atoms with van der Waals surface area (Å²) < 4.78 is 39.1. The first-order valence-corrected chi connectivity index (χ1v) is 11.2. The standard InChI is InChI=1S/C27H25F3N2O2/c1-18-15-31-12-11-24(18)26(34)32-16-19(14-25(33)21-5-3-2-4-6-21)13-22(17-32)20-7-9-23(10-8-20)27(28,29)30/h2-12,15,19,22H,13-14,16-17H2,1H3. The highest BCUT2D eigenvalue weighted by Gasteiger charge is 2.34. The number of hydrogen-bond donors (Lipinski definition) is 0. The van der Waals surface area contributed by atoms with Crippen molar-refractivity contribution in [3.05, 3.63) is 101 Å². The Morgan fingerprint density at radius 3 is 2.35 bits per heavy atom. The maximum Gasteiger partial charge on any atom is 0.416 e. The first-order valence-electron chi connectivity index (χ1n) is 11.2. The molecule has 2 unspecified atom stereocenters. The van der Waals surface area contributed by atoms with E-state index in [9.17, 15) is 22.8 Å². The lowest BCUT2D eigenvalue weighted by atomic mass is 9.81. The number of piperidine rings is 1. The molecule has 0 spiro atoms. The second kappa shape index (κ2) is 9.79. The molecule has 1 amide bonds. The van der Waals surface area contributed by atoms with Gasteiger partial charge in [0.05, 0.1) is 5.56 Å². The fourth-order valence-electron chi connectivity index (χ4n) is 4.59. The number of rotatable bonds is 5. The molecule has 1 aliphatic heterocycles. The molecular formula is C27H25F3N2O2. The monoisotopic (exact) mass is 466 g/mol. The van der Waals surface area contributed by atoms with E-state index < -0.39 is 11.7 Å². The van der Waals surface area contributed by atoms with Crippen LogP contribution in [-0.2, 0) is 6.18 Å². The van der Waals surface area contributed by atoms with Gasteiger partial charge in [-0.2, -0.15) is 13.2 Å². The van der Waals surface area contributed by atoms with Crippen molar-refractivity contribution in [2.45, 2.75) is 31.9 Å². The van der Waals surface area contributed by atoms with Gasteiger partial charge >= 0.3 is 6.18 Å². The Kier molecular flexibility index (Phi) is 6.82. The number of alkyl halides is 3. The Morgan fingerprint density at radius 1 is 1.00 bits per heavy atom. The van der Waals surface area contributed by atoms with Gasteiger partial charge in [0.1, 0.15) is 0 Å². The number of amides is 1. The van der Waals surface area contributed by atoms with Crippen LogP contribution < -0.4 is 0 Å². The van der Waals surface area contributed by atoms with Crippen LogP contribution in [-0.4, -0.2) is 34.7 Å². The third kappa shape index (κ3) is 5.35. The minimum absolute atomic E-state index is 0.00819. The number of aromatic nitrogens is 1. The number of benzene rings is 2. The van der Waals surface area contributed by atoms with Gasteiger partial charge in [-0.3, -0.25) is 14.6 Å². The molecule has 3 aromatic rings. The second-order valence-corrected chi connectivity index (χ2v) is 8.81. The number of halogens is 3. The van der Waals surface area contributed by atoms with Crippen molar-refractivity contribution in [2.24, 2.45) is 5.92 Å². The Balaban J connectivity index is 1.60. The van der Waals surface area contributed by atoms with Gasteiger partial charge in [0.2, 0.25) is 0 Å². The average Bonchev–Trinajstić information content (AvgIpc) is 2.84. The molecule has 1 saturated heterocycles. The SMILES string of the molecule is Cc1cnccc1C(=O)N1CC(CC(=O)c2ccccc2)CC(c2ccc(C(F)(F)F)cc2)C1. The number of aryl methyl sites for hydroxylation is 1. The van der Waals surface area contributed by atoms with Crippen LogP contribution in [0.15, 0.2) is 73.1 Å². The van der Waals surface area contributed by atoms with Crippen molar-refractivity contribution in [1.29, 1.82) is 0 Å². The first kappa shape index (κ1) is 23.7. The number of nitrogens with zero attached hydrogens (tertiary/aromatic N) is 2. The van der Waals surface area contributed by atoms with Crippen molar-refractivity contribution >= 4 is 11.7 Å². The minimum atomic E-state index is -4.41. The number of Topliss-reactive ketones (excluding diaryl/α,β-unsaturated/α-hetero) is 1. The lowest BCUT2D eigenvalue weighted by Crippen LogP contribution is -2.44. The third-order valence-electron chi connectivity index (χ3n) is 6.35. The van der Waals surface area contributed by atoms with Crippen LogP contribution in [0.5, 0.6) is 0 Å². The zero-order chi connectivity index (χ0) is 24.3. The van der Waals surface area contributed by atoms with Crippen molar-refractivity contribution in [3.63, 3.8) is 0 Å². The maximum atomic E-state index is 13.3. The summed E-state index contributed by atoms with van der Waals surface area (Å²) in [6.45, 7) is 2.60. The summed E-state index contributed by atoms with van der Waals surface area (Å²) in [7, 11) is 0. The highest BCUT2D eigenvalue weighted by atomic mass is 19.4. The predicted molar refractivity (Wildman–Crippen MR) is 123 cm³/mol. The number of ketones is 1. The zero-order valence-corrected chi connectivity index (χ0v) is 18.8. The van der Waals surface area contributed by atoms with Gasteiger partial charge < -0.3 is 4.90 Å². The second-order valence-electron chi connectivity index (χ2n) is 8.81. The molecule has 2 aromatic carbocycles.